The van der Waals surface area contributed by atoms with E-state index in [2.05, 4.69) is 81.4 Å². The lowest BCUT2D eigenvalue weighted by Gasteiger charge is -2.10. The highest BCUT2D eigenvalue weighted by atomic mass is 32.1. The predicted octanol–water partition coefficient (Wildman–Crippen LogP) is 5.66. The first kappa shape index (κ1) is 20.7. The van der Waals surface area contributed by atoms with Crippen molar-refractivity contribution >= 4 is 33.4 Å². The normalized spacial score (nSPS) is 11.8. The SMILES string of the molecule is Cc1ccc(-c2ccnc3[nH]c(-c4n[nH]c5ccc(-c6cncc(CN(C)C)c6)nc45)cc23)s1. The van der Waals surface area contributed by atoms with Crippen LogP contribution in [-0.2, 0) is 6.54 Å². The molecule has 0 radical (unpaired) electrons. The summed E-state index contributed by atoms with van der Waals surface area (Å²) in [4.78, 5) is 22.1. The first-order valence-electron chi connectivity index (χ1n) is 11.0. The molecule has 2 N–H and O–H groups in total. The Morgan fingerprint density at radius 2 is 1.94 bits per heavy atom. The van der Waals surface area contributed by atoms with Gasteiger partial charge in [0.15, 0.2) is 0 Å². The smallest absolute Gasteiger partial charge is 0.138 e. The van der Waals surface area contributed by atoms with Crippen LogP contribution in [0.1, 0.15) is 10.4 Å². The van der Waals surface area contributed by atoms with E-state index in [1.54, 1.807) is 11.3 Å². The molecule has 0 saturated heterocycles. The number of aromatic nitrogens is 6. The summed E-state index contributed by atoms with van der Waals surface area (Å²) in [7, 11) is 4.10. The second-order valence-corrected chi connectivity index (χ2v) is 9.99. The molecule has 168 valence electrons. The molecule has 0 atom stereocenters. The third-order valence-corrected chi connectivity index (χ3v) is 6.82. The van der Waals surface area contributed by atoms with Gasteiger partial charge in [-0.25, -0.2) is 9.97 Å². The lowest BCUT2D eigenvalue weighted by atomic mass is 10.1. The fraction of sp³-hybridized carbons (Fsp3) is 0.154. The monoisotopic (exact) mass is 465 g/mol. The lowest BCUT2D eigenvalue weighted by Crippen LogP contribution is -2.10. The summed E-state index contributed by atoms with van der Waals surface area (Å²) >= 11 is 1.78. The zero-order valence-electron chi connectivity index (χ0n) is 19.1. The van der Waals surface area contributed by atoms with Gasteiger partial charge >= 0.3 is 0 Å². The molecule has 34 heavy (non-hydrogen) atoms. The Balaban J connectivity index is 1.45. The van der Waals surface area contributed by atoms with E-state index in [1.165, 1.54) is 15.3 Å². The topological polar surface area (TPSA) is 86.4 Å². The quantitative estimate of drug-likeness (QED) is 0.343. The van der Waals surface area contributed by atoms with Crippen molar-refractivity contribution in [2.24, 2.45) is 0 Å². The molecule has 6 aromatic heterocycles. The number of H-pyrrole nitrogens is 2. The van der Waals surface area contributed by atoms with Crippen LogP contribution in [0.3, 0.4) is 0 Å². The van der Waals surface area contributed by atoms with Gasteiger partial charge in [0, 0.05) is 51.4 Å². The van der Waals surface area contributed by atoms with E-state index >= 15 is 0 Å². The van der Waals surface area contributed by atoms with Crippen LogP contribution in [0.15, 0.2) is 61.1 Å². The van der Waals surface area contributed by atoms with Gasteiger partial charge in [0.25, 0.3) is 0 Å². The highest BCUT2D eigenvalue weighted by Gasteiger charge is 2.16. The van der Waals surface area contributed by atoms with Crippen molar-refractivity contribution in [2.75, 3.05) is 14.1 Å². The summed E-state index contributed by atoms with van der Waals surface area (Å²) in [5.74, 6) is 0. The molecule has 8 heteroatoms. The zero-order chi connectivity index (χ0) is 23.2. The van der Waals surface area contributed by atoms with Crippen molar-refractivity contribution in [1.82, 2.24) is 35.0 Å². The van der Waals surface area contributed by atoms with Crippen LogP contribution in [0.25, 0.3) is 55.2 Å². The summed E-state index contributed by atoms with van der Waals surface area (Å²) in [6.45, 7) is 2.95. The highest BCUT2D eigenvalue weighted by Crippen LogP contribution is 2.36. The maximum atomic E-state index is 4.97. The molecule has 0 bridgehead atoms. The molecular formula is C26H23N7S. The Labute approximate surface area is 200 Å². The van der Waals surface area contributed by atoms with E-state index in [9.17, 15) is 0 Å². The maximum absolute atomic E-state index is 4.97. The largest absolute Gasteiger partial charge is 0.338 e. The van der Waals surface area contributed by atoms with Crippen molar-refractivity contribution < 1.29 is 0 Å². The van der Waals surface area contributed by atoms with E-state index in [0.29, 0.717) is 0 Å². The number of rotatable bonds is 5. The van der Waals surface area contributed by atoms with Crippen molar-refractivity contribution in [3.8, 4) is 33.1 Å². The van der Waals surface area contributed by atoms with Crippen LogP contribution in [0.4, 0.5) is 0 Å². The molecule has 0 amide bonds. The predicted molar refractivity (Wildman–Crippen MR) is 138 cm³/mol. The Kier molecular flexibility index (Phi) is 4.97. The molecule has 0 unspecified atom stereocenters. The van der Waals surface area contributed by atoms with Crippen LogP contribution in [-0.4, -0.2) is 49.1 Å². The van der Waals surface area contributed by atoms with Crippen molar-refractivity contribution in [1.29, 1.82) is 0 Å². The van der Waals surface area contributed by atoms with Crippen LogP contribution in [0.5, 0.6) is 0 Å². The average molecular weight is 466 g/mol. The van der Waals surface area contributed by atoms with Crippen molar-refractivity contribution in [3.63, 3.8) is 0 Å². The molecule has 0 saturated carbocycles. The summed E-state index contributed by atoms with van der Waals surface area (Å²) < 4.78 is 0. The number of nitrogens with zero attached hydrogens (tertiary/aromatic N) is 5. The number of hydrogen-bond acceptors (Lipinski definition) is 6. The number of pyridine rings is 3. The zero-order valence-corrected chi connectivity index (χ0v) is 19.9. The van der Waals surface area contributed by atoms with Gasteiger partial charge in [-0.1, -0.05) is 0 Å². The minimum atomic E-state index is 0.778. The molecule has 0 fully saturated rings. The third kappa shape index (κ3) is 3.67. The van der Waals surface area contributed by atoms with Crippen LogP contribution in [0.2, 0.25) is 0 Å². The first-order valence-corrected chi connectivity index (χ1v) is 11.9. The van der Waals surface area contributed by atoms with Gasteiger partial charge in [0.1, 0.15) is 16.9 Å². The van der Waals surface area contributed by atoms with E-state index in [1.807, 2.05) is 30.7 Å². The maximum Gasteiger partial charge on any atom is 0.138 e. The standard InChI is InChI=1S/C26H23N7S/c1-15-4-7-23(34-15)18-8-9-28-26-19(18)11-22(30-26)25-24-21(31-32-25)6-5-20(29-24)17-10-16(12-27-13-17)14-33(2)3/h4-13H,14H2,1-3H3,(H,28,30)(H,31,32). The van der Waals surface area contributed by atoms with Crippen molar-refractivity contribution in [3.05, 3.63) is 71.5 Å². The summed E-state index contributed by atoms with van der Waals surface area (Å²) in [6.07, 6.45) is 5.60. The highest BCUT2D eigenvalue weighted by molar-refractivity contribution is 7.15. The molecule has 6 aromatic rings. The van der Waals surface area contributed by atoms with Crippen molar-refractivity contribution in [2.45, 2.75) is 13.5 Å². The summed E-state index contributed by atoms with van der Waals surface area (Å²) in [5, 5.41) is 8.79. The molecular weight excluding hydrogens is 442 g/mol. The second-order valence-electron chi connectivity index (χ2n) is 8.70. The van der Waals surface area contributed by atoms with Crippen LogP contribution in [0, 0.1) is 6.92 Å². The molecule has 7 nitrogen and oxygen atoms in total. The molecule has 0 aliphatic carbocycles. The molecule has 0 aliphatic rings. The van der Waals surface area contributed by atoms with Crippen LogP contribution >= 0.6 is 11.3 Å². The van der Waals surface area contributed by atoms with E-state index < -0.39 is 0 Å². The molecule has 6 rings (SSSR count). The Hall–Kier alpha value is -3.88. The van der Waals surface area contributed by atoms with Gasteiger partial charge in [-0.3, -0.25) is 10.1 Å². The first-order chi connectivity index (χ1) is 16.5. The fourth-order valence-electron chi connectivity index (χ4n) is 4.28. The third-order valence-electron chi connectivity index (χ3n) is 5.79. The van der Waals surface area contributed by atoms with E-state index in [4.69, 9.17) is 4.98 Å². The van der Waals surface area contributed by atoms with Crippen LogP contribution < -0.4 is 0 Å². The fourth-order valence-corrected chi connectivity index (χ4v) is 5.18. The molecule has 0 aromatic carbocycles. The molecule has 0 aliphatic heterocycles. The molecule has 6 heterocycles. The van der Waals surface area contributed by atoms with E-state index in [-0.39, 0.29) is 0 Å². The number of thiophene rings is 1. The number of aromatic amines is 2. The number of fused-ring (bicyclic) bond motifs is 2. The molecule has 0 spiro atoms. The number of aryl methyl sites for hydroxylation is 1. The number of nitrogens with one attached hydrogen (secondary N) is 2. The van der Waals surface area contributed by atoms with Gasteiger partial charge in [0.05, 0.1) is 16.9 Å². The lowest BCUT2D eigenvalue weighted by molar-refractivity contribution is 0.402. The van der Waals surface area contributed by atoms with Gasteiger partial charge < -0.3 is 9.88 Å². The minimum Gasteiger partial charge on any atom is -0.338 e. The second kappa shape index (κ2) is 8.16. The number of hydrogen-bond donors (Lipinski definition) is 2. The van der Waals surface area contributed by atoms with E-state index in [0.717, 1.165) is 56.8 Å². The van der Waals surface area contributed by atoms with Gasteiger partial charge in [-0.2, -0.15) is 5.10 Å². The van der Waals surface area contributed by atoms with Gasteiger partial charge in [0.2, 0.25) is 0 Å². The average Bonchev–Trinajstić information content (AvgIpc) is 3.55. The Bertz CT molecular complexity index is 1640. The van der Waals surface area contributed by atoms with Gasteiger partial charge in [-0.05, 0) is 69.0 Å². The summed E-state index contributed by atoms with van der Waals surface area (Å²) in [6, 6.07) is 14.7. The minimum absolute atomic E-state index is 0.778. The van der Waals surface area contributed by atoms with Gasteiger partial charge in [-0.15, -0.1) is 11.3 Å². The summed E-state index contributed by atoms with van der Waals surface area (Å²) in [5.41, 5.74) is 8.38. The Morgan fingerprint density at radius 3 is 2.76 bits per heavy atom. The Morgan fingerprint density at radius 1 is 1.03 bits per heavy atom.